The van der Waals surface area contributed by atoms with E-state index in [1.807, 2.05) is 36.4 Å². The van der Waals surface area contributed by atoms with Gasteiger partial charge in [0, 0.05) is 41.1 Å². The van der Waals surface area contributed by atoms with Gasteiger partial charge in [-0.1, -0.05) is 12.1 Å². The first kappa shape index (κ1) is 26.5. The lowest BCUT2D eigenvalue weighted by Gasteiger charge is -2.30. The number of hydrogen-bond acceptors (Lipinski definition) is 8. The van der Waals surface area contributed by atoms with Crippen molar-refractivity contribution in [1.29, 1.82) is 0 Å². The second-order valence-electron chi connectivity index (χ2n) is 9.75. The zero-order valence-corrected chi connectivity index (χ0v) is 22.6. The molecule has 2 aromatic carbocycles. The molecule has 0 saturated heterocycles. The first-order valence-electron chi connectivity index (χ1n) is 12.9. The molecule has 0 spiro atoms. The quantitative estimate of drug-likeness (QED) is 0.271. The molecule has 204 valence electrons. The van der Waals surface area contributed by atoms with E-state index in [9.17, 15) is 13.2 Å². The van der Waals surface area contributed by atoms with Gasteiger partial charge in [0.15, 0.2) is 0 Å². The van der Waals surface area contributed by atoms with Crippen molar-refractivity contribution in [3.63, 3.8) is 0 Å². The van der Waals surface area contributed by atoms with Crippen LogP contribution in [-0.4, -0.2) is 47.5 Å². The molecule has 39 heavy (non-hydrogen) atoms. The number of carbonyl (C=O) groups is 1. The number of carbonyl (C=O) groups excluding carboxylic acids is 1. The second kappa shape index (κ2) is 10.9. The van der Waals surface area contributed by atoms with Crippen LogP contribution < -0.4 is 15.8 Å². The third-order valence-electron chi connectivity index (χ3n) is 6.64. The molecular formula is C28H31N5O5S. The number of nitrogen functional groups attached to an aromatic ring is 1. The Balaban J connectivity index is 1.40. The maximum Gasteiger partial charge on any atom is 0.411 e. The van der Waals surface area contributed by atoms with Gasteiger partial charge in [-0.3, -0.25) is 5.32 Å². The zero-order chi connectivity index (χ0) is 27.6. The highest BCUT2D eigenvalue weighted by Crippen LogP contribution is 2.45. The van der Waals surface area contributed by atoms with Gasteiger partial charge < -0.3 is 19.8 Å². The van der Waals surface area contributed by atoms with Gasteiger partial charge >= 0.3 is 6.09 Å². The van der Waals surface area contributed by atoms with E-state index in [0.29, 0.717) is 23.2 Å². The molecule has 0 atom stereocenters. The number of nitrogens with two attached hydrogens (primary N) is 1. The lowest BCUT2D eigenvalue weighted by Crippen LogP contribution is -2.18. The maximum atomic E-state index is 12.5. The third kappa shape index (κ3) is 5.68. The van der Waals surface area contributed by atoms with Crippen LogP contribution in [0.3, 0.4) is 0 Å². The van der Waals surface area contributed by atoms with Crippen LogP contribution >= 0.6 is 0 Å². The number of anilines is 2. The number of hydrogen-bond donors (Lipinski definition) is 2. The first-order valence-corrected chi connectivity index (χ1v) is 14.5. The molecule has 1 aliphatic carbocycles. The van der Waals surface area contributed by atoms with Crippen molar-refractivity contribution in [2.45, 2.75) is 50.4 Å². The van der Waals surface area contributed by atoms with E-state index in [1.165, 1.54) is 12.4 Å². The van der Waals surface area contributed by atoms with Gasteiger partial charge in [-0.05, 0) is 63.4 Å². The van der Waals surface area contributed by atoms with Gasteiger partial charge in [-0.2, -0.15) is 0 Å². The van der Waals surface area contributed by atoms with Crippen LogP contribution in [0.15, 0.2) is 66.1 Å². The second-order valence-corrected chi connectivity index (χ2v) is 11.8. The third-order valence-corrected chi connectivity index (χ3v) is 8.11. The summed E-state index contributed by atoms with van der Waals surface area (Å²) in [6.07, 6.45) is 5.30. The fourth-order valence-electron chi connectivity index (χ4n) is 4.60. The van der Waals surface area contributed by atoms with Gasteiger partial charge in [0.2, 0.25) is 15.0 Å². The number of nitrogens with one attached hydrogen (secondary N) is 1. The maximum absolute atomic E-state index is 12.5. The number of aromatic nitrogens is 3. The van der Waals surface area contributed by atoms with Crippen LogP contribution in [0, 0.1) is 0 Å². The molecule has 11 heteroatoms. The molecule has 1 saturated carbocycles. The summed E-state index contributed by atoms with van der Waals surface area (Å²) in [5.74, 6) is 0.316. The Bertz CT molecular complexity index is 1580. The molecule has 3 N–H and O–H groups in total. The Morgan fingerprint density at radius 2 is 1.85 bits per heavy atom. The standard InChI is InChI=1S/C28H31N5O5S/c1-18(2)38-28(34)32-20-9-7-19(8-10-20)26-25(29)23-12-11-22(17-24(23)33(26)21-5-3-6-21)37-15-16-39(35,36)27-30-13-4-14-31-27/h4,7-14,17-18,21H,3,5-6,15-16,29H2,1-2H3,(H,32,34). The van der Waals surface area contributed by atoms with Crippen molar-refractivity contribution in [2.24, 2.45) is 0 Å². The minimum atomic E-state index is -3.65. The number of fused-ring (bicyclic) bond motifs is 1. The van der Waals surface area contributed by atoms with Crippen molar-refractivity contribution in [3.8, 4) is 17.0 Å². The van der Waals surface area contributed by atoms with E-state index in [4.69, 9.17) is 15.2 Å². The van der Waals surface area contributed by atoms with E-state index in [2.05, 4.69) is 19.9 Å². The molecule has 0 unspecified atom stereocenters. The van der Waals surface area contributed by atoms with Crippen LogP contribution in [0.5, 0.6) is 5.75 Å². The SMILES string of the molecule is CC(C)OC(=O)Nc1ccc(-c2c(N)c3ccc(OCCS(=O)(=O)c4ncccn4)cc3n2C2CCC2)cc1. The Hall–Kier alpha value is -4.12. The summed E-state index contributed by atoms with van der Waals surface area (Å²) in [4.78, 5) is 19.6. The average molecular weight is 550 g/mol. The number of benzene rings is 2. The molecule has 2 aromatic heterocycles. The topological polar surface area (TPSA) is 138 Å². The smallest absolute Gasteiger partial charge is 0.411 e. The van der Waals surface area contributed by atoms with Crippen LogP contribution in [0.4, 0.5) is 16.2 Å². The number of rotatable bonds is 9. The highest BCUT2D eigenvalue weighted by Gasteiger charge is 2.27. The summed E-state index contributed by atoms with van der Waals surface area (Å²) in [5.41, 5.74) is 10.7. The Morgan fingerprint density at radius 3 is 2.49 bits per heavy atom. The lowest BCUT2D eigenvalue weighted by atomic mass is 9.92. The van der Waals surface area contributed by atoms with Gasteiger partial charge in [0.05, 0.1) is 28.8 Å². The summed E-state index contributed by atoms with van der Waals surface area (Å²) in [5, 5.41) is 3.42. The molecule has 2 heterocycles. The molecular weight excluding hydrogens is 518 g/mol. The molecule has 1 fully saturated rings. The monoisotopic (exact) mass is 549 g/mol. The van der Waals surface area contributed by atoms with E-state index >= 15 is 0 Å². The number of sulfone groups is 1. The van der Waals surface area contributed by atoms with Gasteiger partial charge in [0.25, 0.3) is 0 Å². The normalized spacial score (nSPS) is 13.8. The van der Waals surface area contributed by atoms with Crippen molar-refractivity contribution in [3.05, 3.63) is 60.9 Å². The molecule has 4 aromatic rings. The molecule has 1 amide bonds. The number of amides is 1. The average Bonchev–Trinajstić information content (AvgIpc) is 3.15. The first-order chi connectivity index (χ1) is 18.7. The predicted molar refractivity (Wildman–Crippen MR) is 149 cm³/mol. The van der Waals surface area contributed by atoms with E-state index in [1.54, 1.807) is 26.0 Å². The minimum absolute atomic E-state index is 0.0354. The molecule has 1 aliphatic rings. The van der Waals surface area contributed by atoms with Crippen molar-refractivity contribution in [2.75, 3.05) is 23.4 Å². The van der Waals surface area contributed by atoms with Crippen LogP contribution in [0.1, 0.15) is 39.2 Å². The highest BCUT2D eigenvalue weighted by atomic mass is 32.2. The fourth-order valence-corrected chi connectivity index (χ4v) is 5.53. The van der Waals surface area contributed by atoms with Crippen molar-refractivity contribution >= 4 is 38.2 Å². The van der Waals surface area contributed by atoms with Crippen LogP contribution in [-0.2, 0) is 14.6 Å². The van der Waals surface area contributed by atoms with E-state index < -0.39 is 15.9 Å². The largest absolute Gasteiger partial charge is 0.492 e. The fraction of sp³-hybridized carbons (Fsp3) is 0.321. The summed E-state index contributed by atoms with van der Waals surface area (Å²) < 4.78 is 38.3. The lowest BCUT2D eigenvalue weighted by molar-refractivity contribution is 0.130. The van der Waals surface area contributed by atoms with Gasteiger partial charge in [-0.15, -0.1) is 0 Å². The van der Waals surface area contributed by atoms with E-state index in [0.717, 1.165) is 41.4 Å². The molecule has 0 bridgehead atoms. The molecule has 10 nitrogen and oxygen atoms in total. The molecule has 0 radical (unpaired) electrons. The van der Waals surface area contributed by atoms with Crippen molar-refractivity contribution < 1.29 is 22.7 Å². The summed E-state index contributed by atoms with van der Waals surface area (Å²) in [7, 11) is -3.65. The van der Waals surface area contributed by atoms with Gasteiger partial charge in [-0.25, -0.2) is 23.2 Å². The zero-order valence-electron chi connectivity index (χ0n) is 21.8. The van der Waals surface area contributed by atoms with E-state index in [-0.39, 0.29) is 23.6 Å². The molecule has 5 rings (SSSR count). The number of nitrogens with zero attached hydrogens (tertiary/aromatic N) is 3. The Kier molecular flexibility index (Phi) is 7.42. The Labute approximate surface area is 227 Å². The van der Waals surface area contributed by atoms with Crippen LogP contribution in [0.2, 0.25) is 0 Å². The minimum Gasteiger partial charge on any atom is -0.492 e. The summed E-state index contributed by atoms with van der Waals surface area (Å²) >= 11 is 0. The van der Waals surface area contributed by atoms with Gasteiger partial charge in [0.1, 0.15) is 12.4 Å². The number of ether oxygens (including phenoxy) is 2. The Morgan fingerprint density at radius 1 is 1.13 bits per heavy atom. The summed E-state index contributed by atoms with van der Waals surface area (Å²) in [6.45, 7) is 3.55. The predicted octanol–water partition coefficient (Wildman–Crippen LogP) is 5.22. The summed E-state index contributed by atoms with van der Waals surface area (Å²) in [6, 6.07) is 15.0. The van der Waals surface area contributed by atoms with Crippen molar-refractivity contribution in [1.82, 2.24) is 14.5 Å². The highest BCUT2D eigenvalue weighted by molar-refractivity contribution is 7.91. The molecule has 0 aliphatic heterocycles. The van der Waals surface area contributed by atoms with Crippen LogP contribution in [0.25, 0.3) is 22.2 Å².